The van der Waals surface area contributed by atoms with E-state index in [-0.39, 0.29) is 10.6 Å². The minimum absolute atomic E-state index is 0.0949. The van der Waals surface area contributed by atoms with E-state index in [1.54, 1.807) is 0 Å². The van der Waals surface area contributed by atoms with Crippen molar-refractivity contribution in [2.75, 3.05) is 0 Å². The highest BCUT2D eigenvalue weighted by molar-refractivity contribution is 7.16. The van der Waals surface area contributed by atoms with Gasteiger partial charge in [-0.3, -0.25) is 9.36 Å². The van der Waals surface area contributed by atoms with Gasteiger partial charge in [-0.25, -0.2) is 9.18 Å². The van der Waals surface area contributed by atoms with Crippen LogP contribution in [-0.4, -0.2) is 10.6 Å². The van der Waals surface area contributed by atoms with E-state index in [2.05, 4.69) is 4.99 Å². The van der Waals surface area contributed by atoms with E-state index in [9.17, 15) is 14.0 Å². The number of nitrogens with zero attached hydrogens (tertiary/aromatic N) is 2. The number of hydrogen-bond acceptors (Lipinski definition) is 4. The average Bonchev–Trinajstić information content (AvgIpc) is 2.54. The maximum absolute atomic E-state index is 13.4. The molecule has 0 atom stereocenters. The lowest BCUT2D eigenvalue weighted by Gasteiger charge is -1.99. The first-order valence-electron chi connectivity index (χ1n) is 4.58. The third-order valence-corrected chi connectivity index (χ3v) is 3.16. The van der Waals surface area contributed by atoms with Gasteiger partial charge in [-0.15, -0.1) is 0 Å². The van der Waals surface area contributed by atoms with E-state index < -0.39 is 5.82 Å². The fourth-order valence-electron chi connectivity index (χ4n) is 1.51. The van der Waals surface area contributed by atoms with E-state index in [1.165, 1.54) is 22.8 Å². The quantitative estimate of drug-likeness (QED) is 0.594. The lowest BCUT2D eigenvalue weighted by molar-refractivity contribution is 0.564. The van der Waals surface area contributed by atoms with E-state index in [4.69, 9.17) is 0 Å². The number of hydrogen-bond donors (Lipinski definition) is 0. The summed E-state index contributed by atoms with van der Waals surface area (Å²) in [7, 11) is 0. The highest BCUT2D eigenvalue weighted by atomic mass is 32.1. The summed E-state index contributed by atoms with van der Waals surface area (Å²) < 4.78 is 15.4. The van der Waals surface area contributed by atoms with Gasteiger partial charge in [-0.1, -0.05) is 11.3 Å². The maximum Gasteiger partial charge on any atom is 0.308 e. The molecule has 2 rings (SSSR count). The zero-order valence-corrected chi connectivity index (χ0v) is 9.18. The number of isocyanates is 1. The molecule has 0 unspecified atom stereocenters. The summed E-state index contributed by atoms with van der Waals surface area (Å²) >= 11 is 0.971. The number of halogens is 1. The third kappa shape index (κ3) is 1.58. The summed E-state index contributed by atoms with van der Waals surface area (Å²) in [5.74, 6) is -0.625. The van der Waals surface area contributed by atoms with Crippen LogP contribution in [0.2, 0.25) is 0 Å². The average molecular weight is 238 g/mol. The predicted molar refractivity (Wildman–Crippen MR) is 59.5 cm³/mol. The number of aromatic nitrogens is 1. The first kappa shape index (κ1) is 10.7. The van der Waals surface area contributed by atoms with Crippen molar-refractivity contribution in [1.82, 2.24) is 4.57 Å². The van der Waals surface area contributed by atoms with Crippen LogP contribution >= 0.6 is 11.3 Å². The van der Waals surface area contributed by atoms with Gasteiger partial charge < -0.3 is 0 Å². The molecule has 2 aromatic rings. The molecule has 0 saturated carbocycles. The largest absolute Gasteiger partial charge is 0.308 e. The highest BCUT2D eigenvalue weighted by Gasteiger charge is 2.10. The summed E-state index contributed by atoms with van der Waals surface area (Å²) in [5.41, 5.74) is 0.496. The first-order chi connectivity index (χ1) is 7.67. The van der Waals surface area contributed by atoms with Gasteiger partial charge in [0.25, 0.3) is 0 Å². The van der Waals surface area contributed by atoms with Crippen LogP contribution in [-0.2, 0) is 11.3 Å². The minimum atomic E-state index is -0.625. The highest BCUT2D eigenvalue weighted by Crippen LogP contribution is 2.26. The molecule has 6 heteroatoms. The Morgan fingerprint density at radius 3 is 2.94 bits per heavy atom. The molecular weight excluding hydrogens is 231 g/mol. The molecule has 0 amide bonds. The number of benzene rings is 1. The molecule has 0 aliphatic rings. The second-order valence-corrected chi connectivity index (χ2v) is 4.08. The van der Waals surface area contributed by atoms with Crippen LogP contribution in [0.3, 0.4) is 0 Å². The van der Waals surface area contributed by atoms with E-state index in [1.807, 2.05) is 6.92 Å². The zero-order chi connectivity index (χ0) is 11.7. The van der Waals surface area contributed by atoms with Crippen LogP contribution in [0.1, 0.15) is 6.92 Å². The molecule has 0 saturated heterocycles. The van der Waals surface area contributed by atoms with E-state index in [0.29, 0.717) is 16.8 Å². The number of aliphatic imine (C=N–C) groups is 1. The molecule has 0 spiro atoms. The summed E-state index contributed by atoms with van der Waals surface area (Å²) in [6.07, 6.45) is 1.28. The molecule has 0 bridgehead atoms. The molecule has 1 aromatic heterocycles. The predicted octanol–water partition coefficient (Wildman–Crippen LogP) is 2.19. The molecule has 0 radical (unpaired) electrons. The molecule has 0 fully saturated rings. The van der Waals surface area contributed by atoms with Crippen molar-refractivity contribution in [1.29, 1.82) is 0 Å². The molecule has 0 aliphatic carbocycles. The van der Waals surface area contributed by atoms with Gasteiger partial charge in [-0.05, 0) is 19.1 Å². The van der Waals surface area contributed by atoms with Crippen molar-refractivity contribution >= 4 is 33.3 Å². The van der Waals surface area contributed by atoms with E-state index >= 15 is 0 Å². The van der Waals surface area contributed by atoms with Crippen molar-refractivity contribution in [3.05, 3.63) is 27.6 Å². The third-order valence-electron chi connectivity index (χ3n) is 2.22. The van der Waals surface area contributed by atoms with Crippen LogP contribution in [0, 0.1) is 5.82 Å². The van der Waals surface area contributed by atoms with Crippen molar-refractivity contribution in [3.63, 3.8) is 0 Å². The van der Waals surface area contributed by atoms with E-state index in [0.717, 1.165) is 11.3 Å². The maximum atomic E-state index is 13.4. The molecule has 4 nitrogen and oxygen atoms in total. The van der Waals surface area contributed by atoms with Gasteiger partial charge in [0.1, 0.15) is 5.69 Å². The monoisotopic (exact) mass is 238 g/mol. The molecule has 16 heavy (non-hydrogen) atoms. The molecule has 1 aromatic carbocycles. The molecular formula is C10H7FN2O2S. The minimum Gasteiger partial charge on any atom is -0.299 e. The summed E-state index contributed by atoms with van der Waals surface area (Å²) in [4.78, 5) is 24.7. The Kier molecular flexibility index (Phi) is 2.68. The number of aryl methyl sites for hydroxylation is 1. The fraction of sp³-hybridized carbons (Fsp3) is 0.200. The SMILES string of the molecule is CCn1c(=O)sc2cc(F)c(N=C=O)cc21. The Morgan fingerprint density at radius 1 is 1.56 bits per heavy atom. The standard InChI is InChI=1S/C10H7FN2O2S/c1-2-13-8-4-7(12-5-14)6(11)3-9(8)16-10(13)15/h3-4H,2H2,1H3. The summed E-state index contributed by atoms with van der Waals surface area (Å²) in [5, 5.41) is 0. The van der Waals surface area contributed by atoms with Crippen molar-refractivity contribution in [2.45, 2.75) is 13.5 Å². The topological polar surface area (TPSA) is 51.4 Å². The Labute approximate surface area is 93.7 Å². The first-order valence-corrected chi connectivity index (χ1v) is 5.39. The van der Waals surface area contributed by atoms with Crippen molar-refractivity contribution < 1.29 is 9.18 Å². The lowest BCUT2D eigenvalue weighted by Crippen LogP contribution is -2.10. The van der Waals surface area contributed by atoms with Crippen LogP contribution in [0.4, 0.5) is 10.1 Å². The Balaban J connectivity index is 2.85. The van der Waals surface area contributed by atoms with Gasteiger partial charge in [0, 0.05) is 6.54 Å². The summed E-state index contributed by atoms with van der Waals surface area (Å²) in [6.45, 7) is 2.31. The van der Waals surface area contributed by atoms with Crippen LogP contribution < -0.4 is 4.87 Å². The Morgan fingerprint density at radius 2 is 2.31 bits per heavy atom. The Bertz CT molecular complexity index is 653. The van der Waals surface area contributed by atoms with Gasteiger partial charge in [0.2, 0.25) is 6.08 Å². The van der Waals surface area contributed by atoms with Crippen molar-refractivity contribution in [3.8, 4) is 0 Å². The molecule has 0 aliphatic heterocycles. The van der Waals surface area contributed by atoms with Crippen molar-refractivity contribution in [2.24, 2.45) is 4.99 Å². The molecule has 1 heterocycles. The van der Waals surface area contributed by atoms with Crippen LogP contribution in [0.25, 0.3) is 10.2 Å². The lowest BCUT2D eigenvalue weighted by atomic mass is 10.3. The molecule has 0 N–H and O–H groups in total. The van der Waals surface area contributed by atoms with Gasteiger partial charge in [-0.2, -0.15) is 4.99 Å². The second-order valence-electron chi connectivity index (χ2n) is 3.09. The van der Waals surface area contributed by atoms with Gasteiger partial charge in [0.05, 0.1) is 10.2 Å². The normalized spacial score (nSPS) is 10.4. The smallest absolute Gasteiger partial charge is 0.299 e. The Hall–Kier alpha value is -1.78. The fourth-order valence-corrected chi connectivity index (χ4v) is 2.47. The molecule has 82 valence electrons. The van der Waals surface area contributed by atoms with Gasteiger partial charge in [0.15, 0.2) is 5.82 Å². The zero-order valence-electron chi connectivity index (χ0n) is 8.36. The number of rotatable bonds is 2. The van der Waals surface area contributed by atoms with Crippen LogP contribution in [0.5, 0.6) is 0 Å². The van der Waals surface area contributed by atoms with Gasteiger partial charge >= 0.3 is 4.87 Å². The second kappa shape index (κ2) is 4.00. The summed E-state index contributed by atoms with van der Waals surface area (Å²) in [6, 6.07) is 2.60. The number of thiazole rings is 1. The van der Waals surface area contributed by atoms with Crippen LogP contribution in [0.15, 0.2) is 21.9 Å². The number of carbonyl (C=O) groups excluding carboxylic acids is 1. The number of fused-ring (bicyclic) bond motifs is 1.